The van der Waals surface area contributed by atoms with Crippen molar-refractivity contribution in [3.8, 4) is 5.75 Å². The Morgan fingerprint density at radius 3 is 2.86 bits per heavy atom. The van der Waals surface area contributed by atoms with Gasteiger partial charge in [-0.25, -0.2) is 4.98 Å². The van der Waals surface area contributed by atoms with Crippen molar-refractivity contribution < 1.29 is 13.9 Å². The molecule has 0 saturated carbocycles. The number of nitrogens with one attached hydrogen (secondary N) is 1. The fraction of sp³-hybridized carbons (Fsp3) is 0.286. The fourth-order valence-corrected chi connectivity index (χ4v) is 3.47. The molecule has 0 amide bonds. The smallest absolute Gasteiger partial charge is 0.232 e. The Hall–Kier alpha value is -2.93. The van der Waals surface area contributed by atoms with Crippen molar-refractivity contribution in [1.82, 2.24) is 4.98 Å². The van der Waals surface area contributed by atoms with Gasteiger partial charge >= 0.3 is 0 Å². The lowest BCUT2D eigenvalue weighted by molar-refractivity contribution is 0.101. The Morgan fingerprint density at radius 2 is 2.18 bits per heavy atom. The molecule has 7 heteroatoms. The minimum absolute atomic E-state index is 0.149. The van der Waals surface area contributed by atoms with E-state index in [0.717, 1.165) is 24.1 Å². The highest BCUT2D eigenvalue weighted by Gasteiger charge is 2.26. The summed E-state index contributed by atoms with van der Waals surface area (Å²) < 4.78 is 11.2. The zero-order valence-electron chi connectivity index (χ0n) is 16.1. The zero-order chi connectivity index (χ0) is 20.3. The summed E-state index contributed by atoms with van der Waals surface area (Å²) in [5.74, 6) is 0.427. The predicted octanol–water partition coefficient (Wildman–Crippen LogP) is 4.63. The number of anilines is 1. The van der Waals surface area contributed by atoms with Crippen molar-refractivity contribution in [1.29, 1.82) is 0 Å². The molecule has 0 bridgehead atoms. The Kier molecular flexibility index (Phi) is 5.94. The first kappa shape index (κ1) is 19.8. The van der Waals surface area contributed by atoms with Gasteiger partial charge in [0.15, 0.2) is 22.0 Å². The highest BCUT2D eigenvalue weighted by atomic mass is 32.1. The second-order valence-electron chi connectivity index (χ2n) is 6.62. The van der Waals surface area contributed by atoms with E-state index in [4.69, 9.17) is 27.1 Å². The van der Waals surface area contributed by atoms with Crippen LogP contribution in [0.3, 0.4) is 0 Å². The summed E-state index contributed by atoms with van der Waals surface area (Å²) in [6.07, 6.45) is 3.58. The first-order valence-corrected chi connectivity index (χ1v) is 9.53. The summed E-state index contributed by atoms with van der Waals surface area (Å²) in [6.45, 7) is 4.21. The van der Waals surface area contributed by atoms with Gasteiger partial charge in [0.25, 0.3) is 0 Å². The van der Waals surface area contributed by atoms with Crippen LogP contribution in [0.15, 0.2) is 40.9 Å². The highest BCUT2D eigenvalue weighted by molar-refractivity contribution is 7.80. The lowest BCUT2D eigenvalue weighted by atomic mass is 9.89. The van der Waals surface area contributed by atoms with E-state index in [1.165, 1.54) is 7.11 Å². The third-order valence-corrected chi connectivity index (χ3v) is 4.73. The van der Waals surface area contributed by atoms with E-state index in [2.05, 4.69) is 24.1 Å². The van der Waals surface area contributed by atoms with Crippen molar-refractivity contribution in [2.45, 2.75) is 32.6 Å². The van der Waals surface area contributed by atoms with Gasteiger partial charge in [-0.15, -0.1) is 0 Å². The summed E-state index contributed by atoms with van der Waals surface area (Å²) in [6, 6.07) is 8.98. The number of fused-ring (bicyclic) bond motifs is 1. The fourth-order valence-electron chi connectivity index (χ4n) is 3.35. The molecule has 0 aliphatic heterocycles. The third kappa shape index (κ3) is 3.84. The quantitative estimate of drug-likeness (QED) is 0.444. The van der Waals surface area contributed by atoms with Crippen LogP contribution in [0.25, 0.3) is 11.1 Å². The molecule has 146 valence electrons. The minimum Gasteiger partial charge on any atom is -0.491 e. The first-order valence-electron chi connectivity index (χ1n) is 9.12. The standard InChI is InChI=1S/C21H23N3O3S/c1-4-6-12(2)15-11-13(24-21(22)28)8-9-14(15)18(25)20-19(26-3)17-16(27-20)7-5-10-23-17/h5,7-12H,4,6H2,1-3H3,(H3,22,24,28). The Morgan fingerprint density at radius 1 is 1.39 bits per heavy atom. The number of ketones is 1. The van der Waals surface area contributed by atoms with E-state index in [1.807, 2.05) is 6.07 Å². The van der Waals surface area contributed by atoms with Gasteiger partial charge in [-0.05, 0) is 60.5 Å². The third-order valence-electron chi connectivity index (χ3n) is 4.63. The number of furan rings is 1. The molecule has 28 heavy (non-hydrogen) atoms. The number of benzene rings is 1. The Balaban J connectivity index is 2.11. The van der Waals surface area contributed by atoms with E-state index in [0.29, 0.717) is 22.4 Å². The molecule has 3 rings (SSSR count). The topological polar surface area (TPSA) is 90.4 Å². The van der Waals surface area contributed by atoms with Crippen LogP contribution in [0.5, 0.6) is 5.75 Å². The second kappa shape index (κ2) is 8.39. The van der Waals surface area contributed by atoms with Gasteiger partial charge in [0, 0.05) is 17.4 Å². The molecule has 6 nitrogen and oxygen atoms in total. The summed E-state index contributed by atoms with van der Waals surface area (Å²) in [5, 5.41) is 3.11. The largest absolute Gasteiger partial charge is 0.491 e. The molecule has 0 spiro atoms. The van der Waals surface area contributed by atoms with E-state index in [1.54, 1.807) is 30.5 Å². The Labute approximate surface area is 169 Å². The molecule has 0 radical (unpaired) electrons. The molecule has 1 atom stereocenters. The van der Waals surface area contributed by atoms with E-state index < -0.39 is 0 Å². The van der Waals surface area contributed by atoms with E-state index >= 15 is 0 Å². The molecular formula is C21H23N3O3S. The van der Waals surface area contributed by atoms with Crippen LogP contribution in [-0.4, -0.2) is 23.0 Å². The van der Waals surface area contributed by atoms with Gasteiger partial charge < -0.3 is 20.2 Å². The lowest BCUT2D eigenvalue weighted by Crippen LogP contribution is -2.19. The molecule has 2 heterocycles. The van der Waals surface area contributed by atoms with Crippen LogP contribution < -0.4 is 15.8 Å². The number of nitrogens with zero attached hydrogens (tertiary/aromatic N) is 1. The van der Waals surface area contributed by atoms with E-state index in [9.17, 15) is 4.79 Å². The summed E-state index contributed by atoms with van der Waals surface area (Å²) in [4.78, 5) is 17.7. The number of carbonyl (C=O) groups is 1. The maximum absolute atomic E-state index is 13.4. The number of ether oxygens (including phenoxy) is 1. The van der Waals surface area contributed by atoms with Gasteiger partial charge in [-0.3, -0.25) is 4.79 Å². The molecular weight excluding hydrogens is 374 g/mol. The number of carbonyl (C=O) groups excluding carboxylic acids is 1. The van der Waals surface area contributed by atoms with Gasteiger partial charge in [-0.1, -0.05) is 20.3 Å². The zero-order valence-corrected chi connectivity index (χ0v) is 16.9. The summed E-state index contributed by atoms with van der Waals surface area (Å²) in [7, 11) is 1.51. The highest BCUT2D eigenvalue weighted by Crippen LogP contribution is 2.35. The second-order valence-corrected chi connectivity index (χ2v) is 7.06. The average Bonchev–Trinajstić information content (AvgIpc) is 3.05. The monoisotopic (exact) mass is 397 g/mol. The van der Waals surface area contributed by atoms with Gasteiger partial charge in [-0.2, -0.15) is 0 Å². The van der Waals surface area contributed by atoms with Gasteiger partial charge in [0.1, 0.15) is 0 Å². The number of hydrogen-bond acceptors (Lipinski definition) is 5. The number of nitrogens with two attached hydrogens (primary N) is 1. The van der Waals surface area contributed by atoms with Crippen LogP contribution in [0.4, 0.5) is 5.69 Å². The number of pyridine rings is 1. The maximum Gasteiger partial charge on any atom is 0.232 e. The Bertz CT molecular complexity index is 1030. The molecule has 3 aromatic rings. The first-order chi connectivity index (χ1) is 13.5. The molecule has 0 saturated heterocycles. The molecule has 0 aliphatic rings. The molecule has 3 N–H and O–H groups in total. The summed E-state index contributed by atoms with van der Waals surface area (Å²) >= 11 is 4.93. The van der Waals surface area contributed by atoms with Crippen LogP contribution in [0.1, 0.15) is 54.3 Å². The number of aromatic nitrogens is 1. The van der Waals surface area contributed by atoms with Crippen molar-refractivity contribution in [2.75, 3.05) is 12.4 Å². The van der Waals surface area contributed by atoms with Crippen LogP contribution >= 0.6 is 12.2 Å². The number of thiocarbonyl (C=S) groups is 1. The molecule has 1 aromatic carbocycles. The van der Waals surface area contributed by atoms with Crippen LogP contribution in [0.2, 0.25) is 0 Å². The van der Waals surface area contributed by atoms with Crippen molar-refractivity contribution in [3.05, 3.63) is 53.4 Å². The van der Waals surface area contributed by atoms with Crippen molar-refractivity contribution in [2.24, 2.45) is 5.73 Å². The van der Waals surface area contributed by atoms with E-state index in [-0.39, 0.29) is 22.6 Å². The predicted molar refractivity (Wildman–Crippen MR) is 114 cm³/mol. The normalized spacial score (nSPS) is 12.0. The number of hydrogen-bond donors (Lipinski definition) is 2. The SMILES string of the molecule is CCCC(C)c1cc(NC(N)=S)ccc1C(=O)c1oc2cccnc2c1OC. The number of rotatable bonds is 7. The molecule has 0 aliphatic carbocycles. The lowest BCUT2D eigenvalue weighted by Gasteiger charge is -2.17. The minimum atomic E-state index is -0.241. The molecule has 0 fully saturated rings. The average molecular weight is 398 g/mol. The maximum atomic E-state index is 13.4. The van der Waals surface area contributed by atoms with Crippen LogP contribution in [0, 0.1) is 0 Å². The number of methoxy groups -OCH3 is 1. The molecule has 2 aromatic heterocycles. The van der Waals surface area contributed by atoms with Crippen molar-refractivity contribution in [3.63, 3.8) is 0 Å². The van der Waals surface area contributed by atoms with Crippen LogP contribution in [-0.2, 0) is 0 Å². The van der Waals surface area contributed by atoms with Crippen molar-refractivity contribution >= 4 is 39.9 Å². The van der Waals surface area contributed by atoms with Gasteiger partial charge in [0.05, 0.1) is 7.11 Å². The molecule has 1 unspecified atom stereocenters. The summed E-state index contributed by atoms with van der Waals surface area (Å²) in [5.41, 5.74) is 8.85. The van der Waals surface area contributed by atoms with Gasteiger partial charge in [0.2, 0.25) is 11.5 Å².